The number of benzene rings is 1. The van der Waals surface area contributed by atoms with Crippen molar-refractivity contribution < 1.29 is 4.39 Å². The van der Waals surface area contributed by atoms with Crippen LogP contribution >= 0.6 is 0 Å². The molecule has 4 aliphatic rings. The maximum Gasteiger partial charge on any atom is 0.123 e. The first-order chi connectivity index (χ1) is 10.2. The van der Waals surface area contributed by atoms with E-state index >= 15 is 0 Å². The number of hydrogen-bond acceptors (Lipinski definition) is 1. The van der Waals surface area contributed by atoms with Crippen LogP contribution in [-0.4, -0.2) is 6.54 Å². The summed E-state index contributed by atoms with van der Waals surface area (Å²) in [4.78, 5) is 0. The molecule has 114 valence electrons. The van der Waals surface area contributed by atoms with E-state index in [4.69, 9.17) is 0 Å². The Morgan fingerprint density at radius 3 is 2.10 bits per heavy atom. The third kappa shape index (κ3) is 2.42. The molecule has 4 fully saturated rings. The zero-order chi connectivity index (χ0) is 14.4. The highest BCUT2D eigenvalue weighted by Gasteiger charge is 2.50. The van der Waals surface area contributed by atoms with Crippen LogP contribution in [0.4, 0.5) is 4.39 Å². The van der Waals surface area contributed by atoms with Crippen LogP contribution in [0.5, 0.6) is 0 Å². The van der Waals surface area contributed by atoms with Gasteiger partial charge in [-0.2, -0.15) is 0 Å². The van der Waals surface area contributed by atoms with Gasteiger partial charge in [-0.05, 0) is 85.9 Å². The molecular formula is C19H26FN. The average Bonchev–Trinajstić information content (AvgIpc) is 2.46. The molecule has 1 nitrogen and oxygen atoms in total. The lowest BCUT2D eigenvalue weighted by atomic mass is 9.50. The molecule has 1 unspecified atom stereocenters. The summed E-state index contributed by atoms with van der Waals surface area (Å²) >= 11 is 0. The van der Waals surface area contributed by atoms with Gasteiger partial charge < -0.3 is 5.32 Å². The molecule has 0 aliphatic heterocycles. The summed E-state index contributed by atoms with van der Waals surface area (Å²) in [5.74, 6) is 4.46. The predicted molar refractivity (Wildman–Crippen MR) is 83.4 cm³/mol. The molecule has 4 aliphatic carbocycles. The summed E-state index contributed by atoms with van der Waals surface area (Å²) in [6.45, 7) is 3.18. The Morgan fingerprint density at radius 2 is 1.57 bits per heavy atom. The first-order valence-electron chi connectivity index (χ1n) is 8.73. The predicted octanol–water partition coefficient (Wildman–Crippen LogP) is 4.55. The summed E-state index contributed by atoms with van der Waals surface area (Å²) in [5, 5.41) is 3.72. The van der Waals surface area contributed by atoms with Gasteiger partial charge in [-0.25, -0.2) is 4.39 Å². The largest absolute Gasteiger partial charge is 0.310 e. The maximum absolute atomic E-state index is 13.2. The van der Waals surface area contributed by atoms with Crippen molar-refractivity contribution >= 4 is 0 Å². The van der Waals surface area contributed by atoms with Crippen molar-refractivity contribution in [2.24, 2.45) is 29.6 Å². The molecule has 2 heteroatoms. The third-order valence-corrected chi connectivity index (χ3v) is 6.34. The van der Waals surface area contributed by atoms with Gasteiger partial charge in [0.2, 0.25) is 0 Å². The van der Waals surface area contributed by atoms with Crippen molar-refractivity contribution in [3.63, 3.8) is 0 Å². The first-order valence-corrected chi connectivity index (χ1v) is 8.73. The fourth-order valence-electron chi connectivity index (χ4n) is 5.88. The molecule has 1 aromatic carbocycles. The summed E-state index contributed by atoms with van der Waals surface area (Å²) in [6, 6.07) is 7.65. The topological polar surface area (TPSA) is 12.0 Å². The van der Waals surface area contributed by atoms with Crippen LogP contribution in [0.15, 0.2) is 24.3 Å². The molecule has 0 spiro atoms. The highest BCUT2D eigenvalue weighted by Crippen LogP contribution is 2.59. The highest BCUT2D eigenvalue weighted by molar-refractivity contribution is 5.22. The van der Waals surface area contributed by atoms with Crippen molar-refractivity contribution in [3.05, 3.63) is 35.6 Å². The fraction of sp³-hybridized carbons (Fsp3) is 0.684. The Bertz CT molecular complexity index is 467. The quantitative estimate of drug-likeness (QED) is 0.856. The van der Waals surface area contributed by atoms with Crippen molar-refractivity contribution in [2.45, 2.75) is 45.1 Å². The Hall–Kier alpha value is -0.890. The fourth-order valence-corrected chi connectivity index (χ4v) is 5.88. The molecule has 4 saturated carbocycles. The summed E-state index contributed by atoms with van der Waals surface area (Å²) in [6.07, 6.45) is 7.28. The molecule has 0 radical (unpaired) electrons. The lowest BCUT2D eigenvalue weighted by Gasteiger charge is -2.56. The minimum absolute atomic E-state index is 0.126. The van der Waals surface area contributed by atoms with E-state index < -0.39 is 0 Å². The monoisotopic (exact) mass is 287 g/mol. The van der Waals surface area contributed by atoms with Crippen LogP contribution in [0.3, 0.4) is 0 Å². The van der Waals surface area contributed by atoms with Crippen molar-refractivity contribution in [1.29, 1.82) is 0 Å². The van der Waals surface area contributed by atoms with Crippen molar-refractivity contribution in [2.75, 3.05) is 6.54 Å². The standard InChI is InChI=1S/C19H26FN/c1-2-21-19(14-3-5-17(20)6-4-14)18-15-8-12-7-13(10-15)11-16(18)9-12/h3-6,12-13,15-16,18-19,21H,2,7-11H2,1H3. The number of hydrogen-bond donors (Lipinski definition) is 1. The Kier molecular flexibility index (Phi) is 3.53. The Balaban J connectivity index is 1.63. The van der Waals surface area contributed by atoms with Gasteiger partial charge in [0.1, 0.15) is 5.82 Å². The summed E-state index contributed by atoms with van der Waals surface area (Å²) in [7, 11) is 0. The molecule has 4 bridgehead atoms. The van der Waals surface area contributed by atoms with Crippen LogP contribution in [0.1, 0.15) is 50.6 Å². The van der Waals surface area contributed by atoms with Gasteiger partial charge in [-0.15, -0.1) is 0 Å². The van der Waals surface area contributed by atoms with E-state index in [0.29, 0.717) is 6.04 Å². The molecule has 1 aromatic rings. The van der Waals surface area contributed by atoms with Gasteiger partial charge in [0.25, 0.3) is 0 Å². The molecule has 0 heterocycles. The van der Waals surface area contributed by atoms with E-state index in [2.05, 4.69) is 12.2 Å². The second-order valence-electron chi connectivity index (χ2n) is 7.59. The van der Waals surface area contributed by atoms with E-state index in [1.807, 2.05) is 12.1 Å². The minimum Gasteiger partial charge on any atom is -0.310 e. The second-order valence-corrected chi connectivity index (χ2v) is 7.59. The van der Waals surface area contributed by atoms with Gasteiger partial charge >= 0.3 is 0 Å². The van der Waals surface area contributed by atoms with Crippen LogP contribution in [0, 0.1) is 35.4 Å². The van der Waals surface area contributed by atoms with E-state index in [1.54, 1.807) is 12.1 Å². The normalized spacial score (nSPS) is 38.7. The van der Waals surface area contributed by atoms with Crippen LogP contribution < -0.4 is 5.32 Å². The molecule has 5 rings (SSSR count). The molecule has 21 heavy (non-hydrogen) atoms. The van der Waals surface area contributed by atoms with Gasteiger partial charge in [0.05, 0.1) is 0 Å². The summed E-state index contributed by atoms with van der Waals surface area (Å²) < 4.78 is 13.2. The lowest BCUT2D eigenvalue weighted by Crippen LogP contribution is -2.49. The SMILES string of the molecule is CCNC(c1ccc(F)cc1)C1C2CC3CC(C2)CC1C3. The van der Waals surface area contributed by atoms with E-state index in [1.165, 1.54) is 37.7 Å². The first kappa shape index (κ1) is 13.8. The Morgan fingerprint density at radius 1 is 1.00 bits per heavy atom. The van der Waals surface area contributed by atoms with Crippen LogP contribution in [-0.2, 0) is 0 Å². The maximum atomic E-state index is 13.2. The van der Waals surface area contributed by atoms with Crippen LogP contribution in [0.25, 0.3) is 0 Å². The summed E-state index contributed by atoms with van der Waals surface area (Å²) in [5.41, 5.74) is 1.29. The Labute approximate surface area is 127 Å². The van der Waals surface area contributed by atoms with Gasteiger partial charge in [0.15, 0.2) is 0 Å². The minimum atomic E-state index is -0.126. The molecular weight excluding hydrogens is 261 g/mol. The lowest BCUT2D eigenvalue weighted by molar-refractivity contribution is -0.0523. The number of nitrogens with one attached hydrogen (secondary N) is 1. The van der Waals surface area contributed by atoms with E-state index in [0.717, 1.165) is 36.1 Å². The zero-order valence-electron chi connectivity index (χ0n) is 12.9. The molecule has 0 aromatic heterocycles. The highest BCUT2D eigenvalue weighted by atomic mass is 19.1. The molecule has 0 saturated heterocycles. The van der Waals surface area contributed by atoms with Gasteiger partial charge in [-0.1, -0.05) is 19.1 Å². The molecule has 0 amide bonds. The van der Waals surface area contributed by atoms with Gasteiger partial charge in [0, 0.05) is 6.04 Å². The average molecular weight is 287 g/mol. The third-order valence-electron chi connectivity index (χ3n) is 6.34. The molecule has 1 N–H and O–H groups in total. The number of halogens is 1. The zero-order valence-corrected chi connectivity index (χ0v) is 12.9. The smallest absolute Gasteiger partial charge is 0.123 e. The second kappa shape index (κ2) is 5.39. The molecule has 1 atom stereocenters. The van der Waals surface area contributed by atoms with Gasteiger partial charge in [-0.3, -0.25) is 0 Å². The van der Waals surface area contributed by atoms with E-state index in [-0.39, 0.29) is 5.82 Å². The number of rotatable bonds is 4. The van der Waals surface area contributed by atoms with E-state index in [9.17, 15) is 4.39 Å². The van der Waals surface area contributed by atoms with Crippen LogP contribution in [0.2, 0.25) is 0 Å². The van der Waals surface area contributed by atoms with Crippen molar-refractivity contribution in [3.8, 4) is 0 Å². The van der Waals surface area contributed by atoms with Crippen molar-refractivity contribution in [1.82, 2.24) is 5.32 Å².